The maximum absolute atomic E-state index is 13.6. The van der Waals surface area contributed by atoms with Gasteiger partial charge in [0, 0.05) is 41.3 Å². The minimum Gasteiger partial charge on any atom is -0.322 e. The molecule has 5 rings (SSSR count). The van der Waals surface area contributed by atoms with E-state index in [4.69, 9.17) is 0 Å². The lowest BCUT2D eigenvalue weighted by atomic mass is 9.80. The van der Waals surface area contributed by atoms with E-state index in [2.05, 4.69) is 52.5 Å². The van der Waals surface area contributed by atoms with Crippen molar-refractivity contribution in [1.82, 2.24) is 9.88 Å². The molecule has 0 bridgehead atoms. The third-order valence-electron chi connectivity index (χ3n) is 7.39. The predicted molar refractivity (Wildman–Crippen MR) is 148 cm³/mol. The molecule has 2 aromatic carbocycles. The first-order valence-electron chi connectivity index (χ1n) is 12.6. The fourth-order valence-electron chi connectivity index (χ4n) is 4.98. The minimum atomic E-state index is -0.357. The van der Waals surface area contributed by atoms with E-state index >= 15 is 0 Å². The van der Waals surface area contributed by atoms with E-state index < -0.39 is 0 Å². The molecule has 6 nitrogen and oxygen atoms in total. The van der Waals surface area contributed by atoms with Gasteiger partial charge in [0.1, 0.15) is 0 Å². The highest BCUT2D eigenvalue weighted by Crippen LogP contribution is 2.36. The molecule has 2 heterocycles. The number of carbonyl (C=O) groups excluding carboxylic acids is 2. The molecule has 2 aliphatic rings. The number of nitrogens with one attached hydrogen (secondary N) is 1. The molecule has 1 aliphatic carbocycles. The summed E-state index contributed by atoms with van der Waals surface area (Å²) in [4.78, 5) is 34.8. The first-order chi connectivity index (χ1) is 17.8. The highest BCUT2D eigenvalue weighted by molar-refractivity contribution is 6.06. The van der Waals surface area contributed by atoms with Crippen LogP contribution in [0.25, 0.3) is 0 Å². The van der Waals surface area contributed by atoms with Gasteiger partial charge < -0.3 is 10.2 Å². The van der Waals surface area contributed by atoms with E-state index in [1.807, 2.05) is 73.6 Å². The zero-order valence-electron chi connectivity index (χ0n) is 21.5. The molecule has 1 aromatic heterocycles. The molecule has 1 N–H and O–H groups in total. The van der Waals surface area contributed by atoms with Crippen molar-refractivity contribution >= 4 is 23.2 Å². The van der Waals surface area contributed by atoms with E-state index in [-0.39, 0.29) is 29.7 Å². The zero-order valence-corrected chi connectivity index (χ0v) is 21.5. The van der Waals surface area contributed by atoms with Gasteiger partial charge in [-0.2, -0.15) is 0 Å². The SMILES string of the molecule is CN(C)C1(C)C=CC(c2ccccc2)C(C(=O)Nc2ccc3c(c2)CCN3C(=O)Cc2ccccn2)=C1. The number of fused-ring (bicyclic) bond motifs is 1. The van der Waals surface area contributed by atoms with Crippen LogP contribution in [0.3, 0.4) is 0 Å². The van der Waals surface area contributed by atoms with Gasteiger partial charge in [-0.1, -0.05) is 54.6 Å². The number of anilines is 2. The summed E-state index contributed by atoms with van der Waals surface area (Å²) in [7, 11) is 4.03. The Labute approximate surface area is 218 Å². The van der Waals surface area contributed by atoms with Crippen molar-refractivity contribution in [2.45, 2.75) is 31.2 Å². The second-order valence-corrected chi connectivity index (χ2v) is 10.1. The number of benzene rings is 2. The number of amides is 2. The van der Waals surface area contributed by atoms with Gasteiger partial charge in [0.05, 0.1) is 12.0 Å². The molecule has 0 spiro atoms. The molecule has 2 amide bonds. The normalized spacial score (nSPS) is 20.5. The molecular weight excluding hydrogens is 460 g/mol. The van der Waals surface area contributed by atoms with Gasteiger partial charge in [-0.15, -0.1) is 0 Å². The van der Waals surface area contributed by atoms with Gasteiger partial charge in [-0.25, -0.2) is 0 Å². The Morgan fingerprint density at radius 2 is 1.86 bits per heavy atom. The van der Waals surface area contributed by atoms with Crippen LogP contribution < -0.4 is 10.2 Å². The molecule has 1 aliphatic heterocycles. The van der Waals surface area contributed by atoms with Crippen molar-refractivity contribution < 1.29 is 9.59 Å². The quantitative estimate of drug-likeness (QED) is 0.505. The number of hydrogen-bond donors (Lipinski definition) is 1. The van der Waals surface area contributed by atoms with Crippen LogP contribution in [0.5, 0.6) is 0 Å². The molecule has 0 radical (unpaired) electrons. The van der Waals surface area contributed by atoms with E-state index in [1.54, 1.807) is 6.20 Å². The van der Waals surface area contributed by atoms with Gasteiger partial charge in [0.2, 0.25) is 5.91 Å². The summed E-state index contributed by atoms with van der Waals surface area (Å²) >= 11 is 0. The van der Waals surface area contributed by atoms with Crippen LogP contribution in [-0.4, -0.2) is 47.9 Å². The number of likely N-dealkylation sites (N-methyl/N-ethyl adjacent to an activating group) is 1. The van der Waals surface area contributed by atoms with Gasteiger partial charge in [-0.3, -0.25) is 19.5 Å². The molecule has 6 heteroatoms. The summed E-state index contributed by atoms with van der Waals surface area (Å²) in [5, 5.41) is 3.13. The average molecular weight is 493 g/mol. The topological polar surface area (TPSA) is 65.5 Å². The lowest BCUT2D eigenvalue weighted by Gasteiger charge is -2.36. The van der Waals surface area contributed by atoms with E-state index in [1.165, 1.54) is 0 Å². The summed E-state index contributed by atoms with van der Waals surface area (Å²) in [5.41, 5.74) is 4.90. The third kappa shape index (κ3) is 5.11. The van der Waals surface area contributed by atoms with E-state index in [9.17, 15) is 9.59 Å². The van der Waals surface area contributed by atoms with Crippen LogP contribution in [0.15, 0.2) is 96.7 Å². The van der Waals surface area contributed by atoms with Crippen LogP contribution >= 0.6 is 0 Å². The second kappa shape index (κ2) is 10.1. The number of carbonyl (C=O) groups is 2. The molecule has 2 unspecified atom stereocenters. The van der Waals surface area contributed by atoms with Crippen LogP contribution in [-0.2, 0) is 22.4 Å². The Morgan fingerprint density at radius 1 is 1.08 bits per heavy atom. The fraction of sp³-hybridized carbons (Fsp3) is 0.258. The molecule has 0 fully saturated rings. The Morgan fingerprint density at radius 3 is 2.59 bits per heavy atom. The number of rotatable bonds is 6. The largest absolute Gasteiger partial charge is 0.322 e. The van der Waals surface area contributed by atoms with Gasteiger partial charge in [0.15, 0.2) is 0 Å². The third-order valence-corrected chi connectivity index (χ3v) is 7.39. The highest BCUT2D eigenvalue weighted by Gasteiger charge is 2.32. The molecule has 2 atom stereocenters. The molecule has 188 valence electrons. The number of aromatic nitrogens is 1. The van der Waals surface area contributed by atoms with Crippen molar-refractivity contribution in [1.29, 1.82) is 0 Å². The number of nitrogens with zero attached hydrogens (tertiary/aromatic N) is 3. The zero-order chi connectivity index (χ0) is 26.0. The van der Waals surface area contributed by atoms with Crippen molar-refractivity contribution in [2.24, 2.45) is 0 Å². The summed E-state index contributed by atoms with van der Waals surface area (Å²) in [6, 6.07) is 21.5. The van der Waals surface area contributed by atoms with Gasteiger partial charge >= 0.3 is 0 Å². The monoisotopic (exact) mass is 492 g/mol. The first kappa shape index (κ1) is 24.7. The number of pyridine rings is 1. The summed E-state index contributed by atoms with van der Waals surface area (Å²) in [6.45, 7) is 2.73. The van der Waals surface area contributed by atoms with Crippen molar-refractivity contribution in [2.75, 3.05) is 30.9 Å². The van der Waals surface area contributed by atoms with E-state index in [0.29, 0.717) is 6.54 Å². The van der Waals surface area contributed by atoms with E-state index in [0.717, 1.165) is 40.2 Å². The highest BCUT2D eigenvalue weighted by atomic mass is 16.2. The van der Waals surface area contributed by atoms with Gasteiger partial charge in [-0.05, 0) is 68.9 Å². The second-order valence-electron chi connectivity index (χ2n) is 10.1. The Kier molecular flexibility index (Phi) is 6.76. The van der Waals surface area contributed by atoms with Crippen molar-refractivity contribution in [3.05, 3.63) is 114 Å². The number of hydrogen-bond acceptors (Lipinski definition) is 4. The first-order valence-corrected chi connectivity index (χ1v) is 12.6. The lowest BCUT2D eigenvalue weighted by Crippen LogP contribution is -2.40. The molecule has 0 saturated carbocycles. The molecule has 37 heavy (non-hydrogen) atoms. The maximum Gasteiger partial charge on any atom is 0.252 e. The average Bonchev–Trinajstić information content (AvgIpc) is 3.33. The fourth-order valence-corrected chi connectivity index (χ4v) is 4.98. The summed E-state index contributed by atoms with van der Waals surface area (Å²) in [5.74, 6) is -0.210. The molecule has 3 aromatic rings. The van der Waals surface area contributed by atoms with Crippen molar-refractivity contribution in [3.8, 4) is 0 Å². The molecular formula is C31H32N4O2. The minimum absolute atomic E-state index is 0.0297. The maximum atomic E-state index is 13.6. The van der Waals surface area contributed by atoms with Crippen LogP contribution in [0.2, 0.25) is 0 Å². The van der Waals surface area contributed by atoms with Gasteiger partial charge in [0.25, 0.3) is 5.91 Å². The predicted octanol–water partition coefficient (Wildman–Crippen LogP) is 4.75. The van der Waals surface area contributed by atoms with Crippen LogP contribution in [0, 0.1) is 0 Å². The van der Waals surface area contributed by atoms with Crippen LogP contribution in [0.4, 0.5) is 11.4 Å². The summed E-state index contributed by atoms with van der Waals surface area (Å²) < 4.78 is 0. The van der Waals surface area contributed by atoms with Crippen LogP contribution in [0.1, 0.15) is 29.7 Å². The smallest absolute Gasteiger partial charge is 0.252 e. The Bertz CT molecular complexity index is 1360. The van der Waals surface area contributed by atoms with Crippen molar-refractivity contribution in [3.63, 3.8) is 0 Å². The lowest BCUT2D eigenvalue weighted by molar-refractivity contribution is -0.118. The molecule has 0 saturated heterocycles. The number of allylic oxidation sites excluding steroid dienone is 1. The Balaban J connectivity index is 1.36. The summed E-state index contributed by atoms with van der Waals surface area (Å²) in [6.07, 6.45) is 9.07. The Hall–Kier alpha value is -4.03. The standard InChI is InChI=1S/C31H32N4O2/c1-31(34(2)3)16-14-26(22-9-5-4-6-10-22)27(21-31)30(37)33-25-12-13-28-23(19-25)15-18-35(28)29(36)20-24-11-7-8-17-32-24/h4-14,16-17,19,21,26H,15,18,20H2,1-3H3,(H,33,37).